The monoisotopic (exact) mass is 295 g/mol. The van der Waals surface area contributed by atoms with E-state index in [2.05, 4.69) is 20.6 Å². The van der Waals surface area contributed by atoms with E-state index in [1.165, 1.54) is 7.05 Å². The zero-order valence-electron chi connectivity index (χ0n) is 11.4. The van der Waals surface area contributed by atoms with Crippen LogP contribution in [0.3, 0.4) is 0 Å². The average molecular weight is 295 g/mol. The predicted octanol–water partition coefficient (Wildman–Crippen LogP) is -2.09. The van der Waals surface area contributed by atoms with Crippen molar-refractivity contribution in [2.75, 3.05) is 20.2 Å². The Kier molecular flexibility index (Phi) is 4.23. The van der Waals surface area contributed by atoms with Crippen LogP contribution in [0, 0.1) is 0 Å². The van der Waals surface area contributed by atoms with Gasteiger partial charge in [-0.3, -0.25) is 10.1 Å². The summed E-state index contributed by atoms with van der Waals surface area (Å²) in [5.74, 6) is -0.825. The van der Waals surface area contributed by atoms with Crippen LogP contribution in [0.2, 0.25) is 0 Å². The molecule has 0 aromatic carbocycles. The van der Waals surface area contributed by atoms with E-state index < -0.39 is 17.7 Å². The summed E-state index contributed by atoms with van der Waals surface area (Å²) in [5.41, 5.74) is -0.743. The van der Waals surface area contributed by atoms with E-state index in [1.807, 2.05) is 5.32 Å². The molecule has 0 saturated carbocycles. The third-order valence-corrected chi connectivity index (χ3v) is 2.51. The summed E-state index contributed by atoms with van der Waals surface area (Å²) in [7, 11) is 3.11. The molecule has 11 heteroatoms. The highest BCUT2D eigenvalue weighted by atomic mass is 16.5. The molecule has 0 saturated heterocycles. The summed E-state index contributed by atoms with van der Waals surface area (Å²) in [6, 6.07) is 0. The van der Waals surface area contributed by atoms with Crippen molar-refractivity contribution in [3.05, 3.63) is 22.5 Å². The van der Waals surface area contributed by atoms with Crippen LogP contribution in [0.4, 0.5) is 4.79 Å². The van der Waals surface area contributed by atoms with Crippen molar-refractivity contribution in [2.24, 2.45) is 7.05 Å². The van der Waals surface area contributed by atoms with Gasteiger partial charge in [0.25, 0.3) is 5.91 Å². The van der Waals surface area contributed by atoms with Crippen LogP contribution in [0.15, 0.2) is 11.1 Å². The second-order valence-corrected chi connectivity index (χ2v) is 3.98. The van der Waals surface area contributed by atoms with Gasteiger partial charge < -0.3 is 10.1 Å². The Bertz CT molecular complexity index is 735. The fourth-order valence-corrected chi connectivity index (χ4v) is 1.48. The molecule has 0 radical (unpaired) electrons. The molecule has 0 aliphatic rings. The van der Waals surface area contributed by atoms with Crippen LogP contribution < -0.4 is 16.3 Å². The van der Waals surface area contributed by atoms with Crippen molar-refractivity contribution in [3.63, 3.8) is 0 Å². The average Bonchev–Trinajstić information content (AvgIpc) is 2.88. The lowest BCUT2D eigenvalue weighted by Crippen LogP contribution is -2.33. The number of carbonyl (C=O) groups is 2. The topological polar surface area (TPSA) is 133 Å². The van der Waals surface area contributed by atoms with Crippen LogP contribution in [0.25, 0.3) is 5.65 Å². The number of hydrogen-bond donors (Lipinski definition) is 2. The van der Waals surface area contributed by atoms with Gasteiger partial charge in [0, 0.05) is 13.6 Å². The number of rotatable bonds is 4. The second-order valence-electron chi connectivity index (χ2n) is 3.98. The molecule has 11 nitrogen and oxygen atoms in total. The quantitative estimate of drug-likeness (QED) is 0.613. The Balaban J connectivity index is 2.15. The van der Waals surface area contributed by atoms with Crippen molar-refractivity contribution in [1.29, 1.82) is 0 Å². The Morgan fingerprint density at radius 3 is 2.90 bits per heavy atom. The second kappa shape index (κ2) is 6.09. The van der Waals surface area contributed by atoms with E-state index in [0.717, 1.165) is 15.4 Å². The number of imide groups is 1. The number of hydrogen-bond acceptors (Lipinski definition) is 8. The number of aryl methyl sites for hydroxylation is 1. The normalized spacial score (nSPS) is 10.6. The molecule has 0 fully saturated rings. The standard InChI is InChI=1S/C10H13N7O4/c1-11-3-4-21-9(19)13-8(18)6-7-14-15-16(2)10(20)17(7)5-12-6/h5,11H,3-4H2,1-2H3,(H,13,18,19). The summed E-state index contributed by atoms with van der Waals surface area (Å²) >= 11 is 0. The minimum atomic E-state index is -0.909. The van der Waals surface area contributed by atoms with Gasteiger partial charge >= 0.3 is 11.8 Å². The van der Waals surface area contributed by atoms with E-state index in [0.29, 0.717) is 6.54 Å². The van der Waals surface area contributed by atoms with E-state index in [4.69, 9.17) is 4.74 Å². The number of nitrogens with zero attached hydrogens (tertiary/aromatic N) is 5. The highest BCUT2D eigenvalue weighted by Gasteiger charge is 2.19. The number of fused-ring (bicyclic) bond motifs is 1. The third-order valence-electron chi connectivity index (χ3n) is 2.51. The molecule has 21 heavy (non-hydrogen) atoms. The largest absolute Gasteiger partial charge is 0.448 e. The molecule has 0 atom stereocenters. The molecular formula is C10H13N7O4. The van der Waals surface area contributed by atoms with Crippen LogP contribution in [-0.2, 0) is 11.8 Å². The number of ether oxygens (including phenoxy) is 1. The van der Waals surface area contributed by atoms with Crippen molar-refractivity contribution in [3.8, 4) is 0 Å². The molecule has 0 spiro atoms. The Morgan fingerprint density at radius 1 is 1.43 bits per heavy atom. The van der Waals surface area contributed by atoms with Crippen LogP contribution in [0.1, 0.15) is 10.5 Å². The van der Waals surface area contributed by atoms with Crippen molar-refractivity contribution in [1.82, 2.24) is 35.0 Å². The summed E-state index contributed by atoms with van der Waals surface area (Å²) < 4.78 is 6.77. The van der Waals surface area contributed by atoms with Crippen LogP contribution in [0.5, 0.6) is 0 Å². The number of aromatic nitrogens is 5. The van der Waals surface area contributed by atoms with Gasteiger partial charge in [0.05, 0.1) is 0 Å². The first-order valence-electron chi connectivity index (χ1n) is 5.94. The zero-order valence-corrected chi connectivity index (χ0v) is 11.4. The van der Waals surface area contributed by atoms with Gasteiger partial charge in [-0.2, -0.15) is 4.68 Å². The molecule has 0 aliphatic heterocycles. The van der Waals surface area contributed by atoms with E-state index >= 15 is 0 Å². The zero-order chi connectivity index (χ0) is 15.4. The molecular weight excluding hydrogens is 282 g/mol. The van der Waals surface area contributed by atoms with Crippen molar-refractivity contribution >= 4 is 17.6 Å². The molecule has 2 rings (SSSR count). The first kappa shape index (κ1) is 14.6. The maximum absolute atomic E-state index is 11.9. The van der Waals surface area contributed by atoms with Crippen LogP contribution >= 0.6 is 0 Å². The molecule has 2 aromatic heterocycles. The summed E-state index contributed by atoms with van der Waals surface area (Å²) in [6.45, 7) is 0.566. The van der Waals surface area contributed by atoms with Gasteiger partial charge in [0.15, 0.2) is 11.3 Å². The van der Waals surface area contributed by atoms with Gasteiger partial charge in [-0.05, 0) is 7.05 Å². The lowest BCUT2D eigenvalue weighted by molar-refractivity contribution is 0.0918. The van der Waals surface area contributed by atoms with E-state index in [1.54, 1.807) is 7.05 Å². The molecule has 0 unspecified atom stereocenters. The number of alkyl carbamates (subject to hydrolysis) is 1. The molecule has 2 aromatic rings. The van der Waals surface area contributed by atoms with Crippen molar-refractivity contribution in [2.45, 2.75) is 0 Å². The maximum atomic E-state index is 11.9. The minimum absolute atomic E-state index is 0.0429. The molecule has 2 N–H and O–H groups in total. The molecule has 112 valence electrons. The number of nitrogens with one attached hydrogen (secondary N) is 2. The van der Waals surface area contributed by atoms with E-state index in [9.17, 15) is 14.4 Å². The van der Waals surface area contributed by atoms with Gasteiger partial charge in [-0.25, -0.2) is 19.0 Å². The van der Waals surface area contributed by atoms with Gasteiger partial charge in [0.2, 0.25) is 0 Å². The highest BCUT2D eigenvalue weighted by Crippen LogP contribution is 2.02. The van der Waals surface area contributed by atoms with Gasteiger partial charge in [-0.15, -0.1) is 5.10 Å². The minimum Gasteiger partial charge on any atom is -0.448 e. The fourth-order valence-electron chi connectivity index (χ4n) is 1.48. The lowest BCUT2D eigenvalue weighted by Gasteiger charge is -2.04. The number of amides is 2. The summed E-state index contributed by atoms with van der Waals surface area (Å²) in [6.07, 6.45) is 0.223. The first-order chi connectivity index (χ1) is 10.0. The molecule has 0 bridgehead atoms. The summed E-state index contributed by atoms with van der Waals surface area (Å²) in [4.78, 5) is 38.7. The van der Waals surface area contributed by atoms with Gasteiger partial charge in [0.1, 0.15) is 12.9 Å². The highest BCUT2D eigenvalue weighted by molar-refractivity contribution is 6.05. The van der Waals surface area contributed by atoms with E-state index in [-0.39, 0.29) is 17.9 Å². The van der Waals surface area contributed by atoms with Crippen LogP contribution in [-0.4, -0.2) is 56.6 Å². The number of carbonyl (C=O) groups excluding carboxylic acids is 2. The predicted molar refractivity (Wildman–Crippen MR) is 68.8 cm³/mol. The fraction of sp³-hybridized carbons (Fsp3) is 0.400. The lowest BCUT2D eigenvalue weighted by atomic mass is 10.4. The SMILES string of the molecule is CNCCOC(=O)NC(=O)c1ncn2c(=O)n(C)nnc12. The third kappa shape index (κ3) is 3.02. The molecule has 2 heterocycles. The number of likely N-dealkylation sites (N-methyl/N-ethyl adjacent to an activating group) is 1. The molecule has 2 amide bonds. The first-order valence-corrected chi connectivity index (χ1v) is 5.94. The Hall–Kier alpha value is -2.82. The van der Waals surface area contributed by atoms with Gasteiger partial charge in [-0.1, -0.05) is 5.21 Å². The maximum Gasteiger partial charge on any atom is 0.414 e. The molecule has 0 aliphatic carbocycles. The number of imidazole rings is 1. The Labute approximate surface area is 117 Å². The smallest absolute Gasteiger partial charge is 0.414 e. The van der Waals surface area contributed by atoms with Crippen molar-refractivity contribution < 1.29 is 14.3 Å². The summed E-state index contributed by atoms with van der Waals surface area (Å²) in [5, 5.41) is 12.0. The Morgan fingerprint density at radius 2 is 2.19 bits per heavy atom.